The zero-order valence-electron chi connectivity index (χ0n) is 17.0. The summed E-state index contributed by atoms with van der Waals surface area (Å²) in [4.78, 5) is 17.4. The molecule has 0 bridgehead atoms. The van der Waals surface area contributed by atoms with Gasteiger partial charge in [0.15, 0.2) is 0 Å². The Balaban J connectivity index is 1.13. The summed E-state index contributed by atoms with van der Waals surface area (Å²) in [5.41, 5.74) is 1.41. The second-order valence-corrected chi connectivity index (χ2v) is 8.85. The molecule has 1 saturated carbocycles. The van der Waals surface area contributed by atoms with Gasteiger partial charge in [-0.15, -0.1) is 0 Å². The SMILES string of the molecule is O=C(Nc1ccnn1C1CCN(C2CCN(Cc3ccccc3)C2)CC1)C1CC1. The topological polar surface area (TPSA) is 53.4 Å². The number of aromatic nitrogens is 2. The Morgan fingerprint density at radius 2 is 1.72 bits per heavy atom. The lowest BCUT2D eigenvalue weighted by atomic mass is 10.0. The Morgan fingerprint density at radius 3 is 2.48 bits per heavy atom. The number of hydrogen-bond donors (Lipinski definition) is 1. The summed E-state index contributed by atoms with van der Waals surface area (Å²) in [5, 5.41) is 7.62. The summed E-state index contributed by atoms with van der Waals surface area (Å²) in [6.45, 7) is 5.65. The summed E-state index contributed by atoms with van der Waals surface area (Å²) >= 11 is 0. The van der Waals surface area contributed by atoms with Crippen molar-refractivity contribution < 1.29 is 4.79 Å². The minimum absolute atomic E-state index is 0.161. The standard InChI is InChI=1S/C23H31N5O/c29-23(19-6-7-19)25-22-8-12-24-28(22)20-10-14-27(15-11-20)21-9-13-26(17-21)16-18-4-2-1-3-5-18/h1-5,8,12,19-21H,6-7,9-11,13-17H2,(H,25,29). The largest absolute Gasteiger partial charge is 0.311 e. The fourth-order valence-electron chi connectivity index (χ4n) is 4.87. The number of amides is 1. The first-order chi connectivity index (χ1) is 14.3. The Labute approximate surface area is 172 Å². The van der Waals surface area contributed by atoms with Gasteiger partial charge in [0, 0.05) is 50.7 Å². The van der Waals surface area contributed by atoms with Crippen LogP contribution in [0.25, 0.3) is 0 Å². The van der Waals surface area contributed by atoms with Crippen LogP contribution < -0.4 is 5.32 Å². The highest BCUT2D eigenvalue weighted by molar-refractivity contribution is 5.93. The van der Waals surface area contributed by atoms with E-state index in [0.717, 1.165) is 51.1 Å². The van der Waals surface area contributed by atoms with E-state index in [-0.39, 0.29) is 11.8 Å². The van der Waals surface area contributed by atoms with Gasteiger partial charge in [-0.2, -0.15) is 5.10 Å². The minimum atomic E-state index is 0.161. The molecule has 154 valence electrons. The van der Waals surface area contributed by atoms with Crippen molar-refractivity contribution in [2.24, 2.45) is 5.92 Å². The van der Waals surface area contributed by atoms with Crippen LogP contribution in [0.3, 0.4) is 0 Å². The van der Waals surface area contributed by atoms with Gasteiger partial charge in [0.1, 0.15) is 5.82 Å². The molecule has 6 nitrogen and oxygen atoms in total. The Kier molecular flexibility index (Phi) is 5.38. The van der Waals surface area contributed by atoms with E-state index in [2.05, 4.69) is 50.5 Å². The van der Waals surface area contributed by atoms with E-state index in [1.165, 1.54) is 25.1 Å². The van der Waals surface area contributed by atoms with E-state index in [0.29, 0.717) is 12.1 Å². The molecule has 1 aromatic heterocycles. The molecule has 29 heavy (non-hydrogen) atoms. The van der Waals surface area contributed by atoms with Crippen LogP contribution in [-0.2, 0) is 11.3 Å². The molecule has 3 heterocycles. The average Bonchev–Trinajstić information content (AvgIpc) is 3.35. The number of piperidine rings is 1. The quantitative estimate of drug-likeness (QED) is 0.819. The van der Waals surface area contributed by atoms with E-state index in [1.54, 1.807) is 0 Å². The molecule has 1 unspecified atom stereocenters. The molecule has 1 atom stereocenters. The first-order valence-electron chi connectivity index (χ1n) is 11.1. The zero-order chi connectivity index (χ0) is 19.6. The van der Waals surface area contributed by atoms with E-state index in [4.69, 9.17) is 0 Å². The molecule has 3 fully saturated rings. The van der Waals surface area contributed by atoms with E-state index in [9.17, 15) is 4.79 Å². The molecule has 1 amide bonds. The maximum absolute atomic E-state index is 12.1. The van der Waals surface area contributed by atoms with Crippen LogP contribution >= 0.6 is 0 Å². The summed E-state index contributed by atoms with van der Waals surface area (Å²) in [6.07, 6.45) is 7.34. The smallest absolute Gasteiger partial charge is 0.228 e. The number of benzene rings is 1. The molecule has 2 saturated heterocycles. The van der Waals surface area contributed by atoms with Gasteiger partial charge in [0.2, 0.25) is 5.91 Å². The molecule has 1 N–H and O–H groups in total. The van der Waals surface area contributed by atoms with Crippen molar-refractivity contribution in [1.82, 2.24) is 19.6 Å². The van der Waals surface area contributed by atoms with E-state index >= 15 is 0 Å². The molecule has 3 aliphatic rings. The highest BCUT2D eigenvalue weighted by Crippen LogP contribution is 2.32. The normalized spacial score (nSPS) is 24.1. The minimum Gasteiger partial charge on any atom is -0.311 e. The van der Waals surface area contributed by atoms with Crippen LogP contribution in [0.4, 0.5) is 5.82 Å². The van der Waals surface area contributed by atoms with Crippen molar-refractivity contribution >= 4 is 11.7 Å². The predicted octanol–water partition coefficient (Wildman–Crippen LogP) is 3.14. The van der Waals surface area contributed by atoms with Gasteiger partial charge in [-0.1, -0.05) is 30.3 Å². The Hall–Kier alpha value is -2.18. The van der Waals surface area contributed by atoms with E-state index < -0.39 is 0 Å². The summed E-state index contributed by atoms with van der Waals surface area (Å²) in [5.74, 6) is 1.25. The number of anilines is 1. The highest BCUT2D eigenvalue weighted by atomic mass is 16.2. The molecule has 6 heteroatoms. The number of hydrogen-bond acceptors (Lipinski definition) is 4. The molecule has 1 aromatic carbocycles. The van der Waals surface area contributed by atoms with Crippen molar-refractivity contribution in [1.29, 1.82) is 0 Å². The molecule has 0 spiro atoms. The maximum Gasteiger partial charge on any atom is 0.228 e. The second kappa shape index (κ2) is 8.28. The fraction of sp³-hybridized carbons (Fsp3) is 0.565. The lowest BCUT2D eigenvalue weighted by Crippen LogP contribution is -2.43. The van der Waals surface area contributed by atoms with Crippen LogP contribution in [0.1, 0.15) is 43.7 Å². The number of likely N-dealkylation sites (tertiary alicyclic amines) is 2. The molecular formula is C23H31N5O. The molecule has 2 aliphatic heterocycles. The van der Waals surface area contributed by atoms with E-state index in [1.807, 2.05) is 16.9 Å². The van der Waals surface area contributed by atoms with Crippen LogP contribution in [0.5, 0.6) is 0 Å². The summed E-state index contributed by atoms with van der Waals surface area (Å²) in [6, 6.07) is 13.8. The summed E-state index contributed by atoms with van der Waals surface area (Å²) < 4.78 is 2.05. The average molecular weight is 394 g/mol. The summed E-state index contributed by atoms with van der Waals surface area (Å²) in [7, 11) is 0. The third kappa shape index (κ3) is 4.38. The monoisotopic (exact) mass is 393 g/mol. The third-order valence-corrected chi connectivity index (χ3v) is 6.73. The van der Waals surface area contributed by atoms with Crippen molar-refractivity contribution in [2.75, 3.05) is 31.5 Å². The number of carbonyl (C=O) groups is 1. The number of nitrogens with one attached hydrogen (secondary N) is 1. The number of carbonyl (C=O) groups excluding carboxylic acids is 1. The lowest BCUT2D eigenvalue weighted by Gasteiger charge is -2.36. The van der Waals surface area contributed by atoms with Crippen molar-refractivity contribution in [2.45, 2.75) is 50.7 Å². The molecule has 1 aliphatic carbocycles. The van der Waals surface area contributed by atoms with Crippen molar-refractivity contribution in [3.63, 3.8) is 0 Å². The van der Waals surface area contributed by atoms with Crippen LogP contribution in [-0.4, -0.2) is 57.7 Å². The van der Waals surface area contributed by atoms with Gasteiger partial charge in [0.05, 0.1) is 12.2 Å². The third-order valence-electron chi connectivity index (χ3n) is 6.73. The second-order valence-electron chi connectivity index (χ2n) is 8.85. The van der Waals surface area contributed by atoms with Gasteiger partial charge >= 0.3 is 0 Å². The number of nitrogens with zero attached hydrogens (tertiary/aromatic N) is 4. The van der Waals surface area contributed by atoms with Crippen molar-refractivity contribution in [3.05, 3.63) is 48.2 Å². The van der Waals surface area contributed by atoms with Crippen LogP contribution in [0.2, 0.25) is 0 Å². The van der Waals surface area contributed by atoms with Gasteiger partial charge in [0.25, 0.3) is 0 Å². The first-order valence-corrected chi connectivity index (χ1v) is 11.1. The molecular weight excluding hydrogens is 362 g/mol. The fourth-order valence-corrected chi connectivity index (χ4v) is 4.87. The Bertz CT molecular complexity index is 823. The lowest BCUT2D eigenvalue weighted by molar-refractivity contribution is -0.117. The number of rotatable bonds is 6. The van der Waals surface area contributed by atoms with Gasteiger partial charge in [-0.25, -0.2) is 4.68 Å². The molecule has 2 aromatic rings. The Morgan fingerprint density at radius 1 is 0.966 bits per heavy atom. The zero-order valence-corrected chi connectivity index (χ0v) is 17.0. The van der Waals surface area contributed by atoms with Gasteiger partial charge < -0.3 is 5.32 Å². The first kappa shape index (κ1) is 18.8. The molecule has 5 rings (SSSR count). The maximum atomic E-state index is 12.1. The van der Waals surface area contributed by atoms with Crippen LogP contribution in [0, 0.1) is 5.92 Å². The highest BCUT2D eigenvalue weighted by Gasteiger charge is 2.33. The predicted molar refractivity (Wildman–Crippen MR) is 114 cm³/mol. The van der Waals surface area contributed by atoms with Gasteiger partial charge in [-0.05, 0) is 37.7 Å². The molecule has 0 radical (unpaired) electrons. The van der Waals surface area contributed by atoms with Gasteiger partial charge in [-0.3, -0.25) is 14.6 Å². The van der Waals surface area contributed by atoms with Crippen LogP contribution in [0.15, 0.2) is 42.6 Å². The van der Waals surface area contributed by atoms with Crippen molar-refractivity contribution in [3.8, 4) is 0 Å².